The van der Waals surface area contributed by atoms with Crippen LogP contribution in [0.25, 0.3) is 0 Å². The van der Waals surface area contributed by atoms with Gasteiger partial charge in [0.25, 0.3) is 6.47 Å². The Kier molecular flexibility index (Phi) is 4.68. The molecule has 1 aliphatic carbocycles. The van der Waals surface area contributed by atoms with E-state index in [2.05, 4.69) is 40.1 Å². The lowest BCUT2D eigenvalue weighted by molar-refractivity contribution is -0.128. The Morgan fingerprint density at radius 1 is 1.37 bits per heavy atom. The third-order valence-electron chi connectivity index (χ3n) is 3.22. The molecule has 1 saturated carbocycles. The summed E-state index contributed by atoms with van der Waals surface area (Å²) in [5.41, 5.74) is 3.70. The van der Waals surface area contributed by atoms with Crippen LogP contribution in [-0.2, 0) is 14.9 Å². The Labute approximate surface area is 117 Å². The summed E-state index contributed by atoms with van der Waals surface area (Å²) in [6.45, 7) is 2.66. The third kappa shape index (κ3) is 3.20. The van der Waals surface area contributed by atoms with E-state index in [0.29, 0.717) is 18.5 Å². The predicted octanol–water partition coefficient (Wildman–Crippen LogP) is 3.40. The van der Waals surface area contributed by atoms with E-state index in [0.717, 1.165) is 0 Å². The molecule has 2 aromatic rings. The Morgan fingerprint density at radius 3 is 2.53 bits per heavy atom. The molecule has 0 spiro atoms. The fourth-order valence-electron chi connectivity index (χ4n) is 2.08. The lowest BCUT2D eigenvalue weighted by Crippen LogP contribution is -2.05. The summed E-state index contributed by atoms with van der Waals surface area (Å²) in [5, 5.41) is 0. The maximum Gasteiger partial charge on any atom is 0.293 e. The number of carbonyl (C=O) groups is 1. The quantitative estimate of drug-likeness (QED) is 0.803. The van der Waals surface area contributed by atoms with E-state index in [4.69, 9.17) is 0 Å². The van der Waals surface area contributed by atoms with Gasteiger partial charge in [-0.2, -0.15) is 0 Å². The summed E-state index contributed by atoms with van der Waals surface area (Å²) in [7, 11) is 0. The van der Waals surface area contributed by atoms with Crippen molar-refractivity contribution in [1.29, 1.82) is 0 Å². The molecule has 3 rings (SSSR count). The van der Waals surface area contributed by atoms with Gasteiger partial charge in [-0.3, -0.25) is 9.78 Å². The number of hydrogen-bond acceptors (Lipinski definition) is 4. The third-order valence-corrected chi connectivity index (χ3v) is 4.19. The highest BCUT2D eigenvalue weighted by Gasteiger charge is 2.46. The number of benzene rings is 1. The molecule has 19 heavy (non-hydrogen) atoms. The molecule has 4 heteroatoms. The van der Waals surface area contributed by atoms with Crippen LogP contribution in [0.1, 0.15) is 30.2 Å². The van der Waals surface area contributed by atoms with Crippen molar-refractivity contribution < 1.29 is 9.53 Å². The Balaban J connectivity index is 0.000000232. The van der Waals surface area contributed by atoms with Gasteiger partial charge < -0.3 is 4.74 Å². The zero-order chi connectivity index (χ0) is 13.6. The zero-order valence-corrected chi connectivity index (χ0v) is 11.7. The number of carbonyl (C=O) groups excluding carboxylic acids is 1. The van der Waals surface area contributed by atoms with Crippen molar-refractivity contribution in [2.24, 2.45) is 0 Å². The maximum absolute atomic E-state index is 9.18. The molecule has 1 heterocycles. The summed E-state index contributed by atoms with van der Waals surface area (Å²) in [6, 6.07) is 10.8. The van der Waals surface area contributed by atoms with Gasteiger partial charge in [0.15, 0.2) is 0 Å². The molecule has 0 amide bonds. The Hall–Kier alpha value is -1.68. The number of ether oxygens (including phenoxy) is 1. The topological polar surface area (TPSA) is 39.2 Å². The van der Waals surface area contributed by atoms with Crippen molar-refractivity contribution >= 4 is 17.8 Å². The molecule has 3 nitrogen and oxygen atoms in total. The summed E-state index contributed by atoms with van der Waals surface area (Å²) < 4.78 is 4.15. The van der Waals surface area contributed by atoms with Crippen molar-refractivity contribution in [2.75, 3.05) is 6.61 Å². The van der Waals surface area contributed by atoms with Crippen molar-refractivity contribution in [3.8, 4) is 0 Å². The van der Waals surface area contributed by atoms with Crippen LogP contribution >= 0.6 is 11.3 Å². The predicted molar refractivity (Wildman–Crippen MR) is 76.3 cm³/mol. The SMILES string of the molecule is CCOC=O.c1ccc(C2(c3cncs3)CC2)cc1. The minimum atomic E-state index is 0.322. The van der Waals surface area contributed by atoms with E-state index in [1.54, 1.807) is 18.3 Å². The molecular weight excluding hydrogens is 258 g/mol. The second-order valence-corrected chi connectivity index (χ2v) is 5.25. The molecule has 1 aromatic heterocycles. The second-order valence-electron chi connectivity index (χ2n) is 4.37. The van der Waals surface area contributed by atoms with Crippen molar-refractivity contribution in [3.63, 3.8) is 0 Å². The fourth-order valence-corrected chi connectivity index (χ4v) is 2.98. The average molecular weight is 275 g/mol. The first-order valence-electron chi connectivity index (χ1n) is 6.33. The van der Waals surface area contributed by atoms with Crippen LogP contribution in [0.5, 0.6) is 0 Å². The minimum Gasteiger partial charge on any atom is -0.468 e. The van der Waals surface area contributed by atoms with Gasteiger partial charge in [-0.1, -0.05) is 30.3 Å². The largest absolute Gasteiger partial charge is 0.468 e. The van der Waals surface area contributed by atoms with Crippen LogP contribution in [0, 0.1) is 0 Å². The van der Waals surface area contributed by atoms with Gasteiger partial charge in [0.1, 0.15) is 0 Å². The molecule has 0 bridgehead atoms. The van der Waals surface area contributed by atoms with E-state index >= 15 is 0 Å². The van der Waals surface area contributed by atoms with Crippen LogP contribution in [-0.4, -0.2) is 18.1 Å². The number of hydrogen-bond donors (Lipinski definition) is 0. The molecule has 0 N–H and O–H groups in total. The fraction of sp³-hybridized carbons (Fsp3) is 0.333. The smallest absolute Gasteiger partial charge is 0.293 e. The summed E-state index contributed by atoms with van der Waals surface area (Å²) >= 11 is 1.78. The highest BCUT2D eigenvalue weighted by Crippen LogP contribution is 2.54. The monoisotopic (exact) mass is 275 g/mol. The summed E-state index contributed by atoms with van der Waals surface area (Å²) in [4.78, 5) is 14.8. The molecule has 0 radical (unpaired) electrons. The van der Waals surface area contributed by atoms with Crippen molar-refractivity contribution in [2.45, 2.75) is 25.2 Å². The minimum absolute atomic E-state index is 0.322. The van der Waals surface area contributed by atoms with Gasteiger partial charge in [0.2, 0.25) is 0 Å². The Bertz CT molecular complexity index is 492. The lowest BCUT2D eigenvalue weighted by Gasteiger charge is -2.12. The van der Waals surface area contributed by atoms with E-state index in [1.807, 2.05) is 11.7 Å². The van der Waals surface area contributed by atoms with Crippen molar-refractivity contribution in [3.05, 3.63) is 52.5 Å². The van der Waals surface area contributed by atoms with E-state index in [9.17, 15) is 4.79 Å². The molecule has 0 saturated heterocycles. The molecule has 100 valence electrons. The molecule has 0 aliphatic heterocycles. The standard InChI is InChI=1S/C12H11NS.C3H6O2/c1-2-4-10(5-3-1)12(6-7-12)11-8-13-9-14-11;1-2-5-3-4/h1-5,8-9H,6-7H2;3H,2H2,1H3. The summed E-state index contributed by atoms with van der Waals surface area (Å²) in [5.74, 6) is 0. The molecule has 0 unspecified atom stereocenters. The molecule has 1 aliphatic rings. The van der Waals surface area contributed by atoms with E-state index in [1.165, 1.54) is 23.3 Å². The highest BCUT2D eigenvalue weighted by molar-refractivity contribution is 7.09. The molecule has 1 aromatic carbocycles. The Morgan fingerprint density at radius 2 is 2.11 bits per heavy atom. The number of rotatable bonds is 4. The van der Waals surface area contributed by atoms with Gasteiger partial charge >= 0.3 is 0 Å². The van der Waals surface area contributed by atoms with Crippen molar-refractivity contribution in [1.82, 2.24) is 4.98 Å². The van der Waals surface area contributed by atoms with Crippen LogP contribution in [0.15, 0.2) is 42.0 Å². The number of aromatic nitrogens is 1. The molecular formula is C15H17NO2S. The first-order chi connectivity index (χ1) is 9.33. The van der Waals surface area contributed by atoms with Gasteiger partial charge in [0, 0.05) is 16.5 Å². The van der Waals surface area contributed by atoms with E-state index in [-0.39, 0.29) is 0 Å². The number of nitrogens with zero attached hydrogens (tertiary/aromatic N) is 1. The van der Waals surface area contributed by atoms with Gasteiger partial charge in [-0.15, -0.1) is 11.3 Å². The molecule has 1 fully saturated rings. The van der Waals surface area contributed by atoms with Gasteiger partial charge in [-0.05, 0) is 25.3 Å². The normalized spacial score (nSPS) is 15.0. The second kappa shape index (κ2) is 6.48. The summed E-state index contributed by atoms with van der Waals surface area (Å²) in [6.07, 6.45) is 4.57. The highest BCUT2D eigenvalue weighted by atomic mass is 32.1. The van der Waals surface area contributed by atoms with Crippen LogP contribution < -0.4 is 0 Å². The number of thiazole rings is 1. The van der Waals surface area contributed by atoms with Gasteiger partial charge in [0.05, 0.1) is 12.1 Å². The van der Waals surface area contributed by atoms with Gasteiger partial charge in [-0.25, -0.2) is 0 Å². The van der Waals surface area contributed by atoms with Crippen LogP contribution in [0.2, 0.25) is 0 Å². The molecule has 0 atom stereocenters. The van der Waals surface area contributed by atoms with Crippen LogP contribution in [0.3, 0.4) is 0 Å². The first-order valence-corrected chi connectivity index (χ1v) is 7.21. The van der Waals surface area contributed by atoms with Crippen LogP contribution in [0.4, 0.5) is 0 Å². The average Bonchev–Trinajstić information content (AvgIpc) is 3.09. The lowest BCUT2D eigenvalue weighted by atomic mass is 9.95. The maximum atomic E-state index is 9.18. The first kappa shape index (κ1) is 13.7. The zero-order valence-electron chi connectivity index (χ0n) is 10.9. The van der Waals surface area contributed by atoms with E-state index < -0.39 is 0 Å².